The number of carbonyl (C=O) groups excluding carboxylic acids is 1. The molecule has 16 heavy (non-hydrogen) atoms. The minimum Gasteiger partial charge on any atom is -0.353 e. The van der Waals surface area contributed by atoms with Crippen LogP contribution in [0.25, 0.3) is 0 Å². The summed E-state index contributed by atoms with van der Waals surface area (Å²) in [7, 11) is 0. The van der Waals surface area contributed by atoms with E-state index in [0.29, 0.717) is 19.0 Å². The van der Waals surface area contributed by atoms with Gasteiger partial charge in [-0.2, -0.15) is 5.10 Å². The van der Waals surface area contributed by atoms with Crippen LogP contribution in [0.3, 0.4) is 0 Å². The molecule has 1 saturated carbocycles. The number of carbonyl (C=O) groups is 1. The van der Waals surface area contributed by atoms with Gasteiger partial charge in [0, 0.05) is 31.4 Å². The van der Waals surface area contributed by atoms with Crippen molar-refractivity contribution < 1.29 is 4.79 Å². The van der Waals surface area contributed by atoms with Crippen LogP contribution in [0.4, 0.5) is 0 Å². The smallest absolute Gasteiger partial charge is 0.222 e. The van der Waals surface area contributed by atoms with Gasteiger partial charge in [0.05, 0.1) is 0 Å². The first kappa shape index (κ1) is 11.2. The lowest BCUT2D eigenvalue weighted by atomic mass is 9.95. The topological polar surface area (TPSA) is 46.9 Å². The van der Waals surface area contributed by atoms with Crippen LogP contribution in [0.1, 0.15) is 38.5 Å². The number of nitrogens with one attached hydrogen (secondary N) is 1. The van der Waals surface area contributed by atoms with Crippen LogP contribution < -0.4 is 5.32 Å². The van der Waals surface area contributed by atoms with Crippen molar-refractivity contribution in [3.63, 3.8) is 0 Å². The summed E-state index contributed by atoms with van der Waals surface area (Å²) in [5.41, 5.74) is 0. The van der Waals surface area contributed by atoms with E-state index >= 15 is 0 Å². The molecule has 4 heteroatoms. The van der Waals surface area contributed by atoms with E-state index < -0.39 is 0 Å². The van der Waals surface area contributed by atoms with E-state index in [4.69, 9.17) is 0 Å². The van der Waals surface area contributed by atoms with Gasteiger partial charge in [-0.1, -0.05) is 19.3 Å². The van der Waals surface area contributed by atoms with Crippen molar-refractivity contribution in [1.29, 1.82) is 0 Å². The summed E-state index contributed by atoms with van der Waals surface area (Å²) in [4.78, 5) is 11.7. The Balaban J connectivity index is 1.67. The van der Waals surface area contributed by atoms with Crippen LogP contribution >= 0.6 is 0 Å². The maximum Gasteiger partial charge on any atom is 0.222 e. The summed E-state index contributed by atoms with van der Waals surface area (Å²) >= 11 is 0. The van der Waals surface area contributed by atoms with E-state index in [1.807, 2.05) is 12.3 Å². The predicted molar refractivity (Wildman–Crippen MR) is 61.9 cm³/mol. The lowest BCUT2D eigenvalue weighted by Crippen LogP contribution is -2.36. The fourth-order valence-electron chi connectivity index (χ4n) is 2.20. The van der Waals surface area contributed by atoms with Crippen LogP contribution in [-0.2, 0) is 11.3 Å². The van der Waals surface area contributed by atoms with Crippen LogP contribution in [0.5, 0.6) is 0 Å². The first-order chi connectivity index (χ1) is 7.84. The molecule has 0 unspecified atom stereocenters. The van der Waals surface area contributed by atoms with Crippen molar-refractivity contribution in [2.24, 2.45) is 0 Å². The molecule has 1 fully saturated rings. The molecule has 1 aromatic heterocycles. The molecular weight excluding hydrogens is 202 g/mol. The van der Waals surface area contributed by atoms with E-state index in [0.717, 1.165) is 12.8 Å². The van der Waals surface area contributed by atoms with Gasteiger partial charge >= 0.3 is 0 Å². The number of rotatable bonds is 4. The fraction of sp³-hybridized carbons (Fsp3) is 0.667. The van der Waals surface area contributed by atoms with Crippen molar-refractivity contribution in [2.75, 3.05) is 0 Å². The van der Waals surface area contributed by atoms with Crippen molar-refractivity contribution in [1.82, 2.24) is 15.1 Å². The SMILES string of the molecule is O=C(CCn1cccn1)NC1CCCCC1. The number of nitrogens with zero attached hydrogens (tertiary/aromatic N) is 2. The third kappa shape index (κ3) is 3.36. The van der Waals surface area contributed by atoms with Crippen molar-refractivity contribution in [3.8, 4) is 0 Å². The first-order valence-electron chi connectivity index (χ1n) is 6.11. The zero-order valence-corrected chi connectivity index (χ0v) is 9.56. The van der Waals surface area contributed by atoms with Crippen LogP contribution in [-0.4, -0.2) is 21.7 Å². The zero-order chi connectivity index (χ0) is 11.2. The number of aromatic nitrogens is 2. The summed E-state index contributed by atoms with van der Waals surface area (Å²) in [6.45, 7) is 0.672. The number of hydrogen-bond donors (Lipinski definition) is 1. The second-order valence-corrected chi connectivity index (χ2v) is 4.42. The molecule has 0 bridgehead atoms. The van der Waals surface area contributed by atoms with Gasteiger partial charge in [0.1, 0.15) is 0 Å². The molecule has 1 aliphatic rings. The molecule has 0 aromatic carbocycles. The average Bonchev–Trinajstić information content (AvgIpc) is 2.81. The van der Waals surface area contributed by atoms with Crippen molar-refractivity contribution in [3.05, 3.63) is 18.5 Å². The third-order valence-electron chi connectivity index (χ3n) is 3.10. The molecule has 88 valence electrons. The molecule has 1 heterocycles. The van der Waals surface area contributed by atoms with E-state index in [1.165, 1.54) is 19.3 Å². The number of aryl methyl sites for hydroxylation is 1. The Morgan fingerprint density at radius 3 is 2.88 bits per heavy atom. The molecule has 0 atom stereocenters. The molecule has 0 saturated heterocycles. The normalized spacial score (nSPS) is 17.2. The quantitative estimate of drug-likeness (QED) is 0.841. The minimum atomic E-state index is 0.155. The van der Waals surface area contributed by atoms with Crippen LogP contribution in [0.2, 0.25) is 0 Å². The summed E-state index contributed by atoms with van der Waals surface area (Å²) in [6.07, 6.45) is 10.3. The monoisotopic (exact) mass is 221 g/mol. The van der Waals surface area contributed by atoms with Gasteiger partial charge < -0.3 is 5.32 Å². The van der Waals surface area contributed by atoms with Crippen molar-refractivity contribution >= 4 is 5.91 Å². The van der Waals surface area contributed by atoms with E-state index in [2.05, 4.69) is 10.4 Å². The highest BCUT2D eigenvalue weighted by molar-refractivity contribution is 5.76. The van der Waals surface area contributed by atoms with E-state index in [-0.39, 0.29) is 5.91 Å². The molecule has 0 spiro atoms. The fourth-order valence-corrected chi connectivity index (χ4v) is 2.20. The van der Waals surface area contributed by atoms with Gasteiger partial charge in [-0.3, -0.25) is 9.48 Å². The average molecular weight is 221 g/mol. The Hall–Kier alpha value is -1.32. The van der Waals surface area contributed by atoms with Crippen LogP contribution in [0, 0.1) is 0 Å². The molecule has 4 nitrogen and oxygen atoms in total. The van der Waals surface area contributed by atoms with Crippen LogP contribution in [0.15, 0.2) is 18.5 Å². The van der Waals surface area contributed by atoms with E-state index in [9.17, 15) is 4.79 Å². The zero-order valence-electron chi connectivity index (χ0n) is 9.56. The second kappa shape index (κ2) is 5.68. The molecule has 0 radical (unpaired) electrons. The number of amides is 1. The highest BCUT2D eigenvalue weighted by Crippen LogP contribution is 2.17. The maximum absolute atomic E-state index is 11.7. The van der Waals surface area contributed by atoms with Gasteiger partial charge in [-0.25, -0.2) is 0 Å². The highest BCUT2D eigenvalue weighted by Gasteiger charge is 2.15. The maximum atomic E-state index is 11.7. The summed E-state index contributed by atoms with van der Waals surface area (Å²) in [5.74, 6) is 0.155. The van der Waals surface area contributed by atoms with Gasteiger partial charge in [0.15, 0.2) is 0 Å². The van der Waals surface area contributed by atoms with E-state index in [1.54, 1.807) is 10.9 Å². The van der Waals surface area contributed by atoms with Gasteiger partial charge in [-0.05, 0) is 18.9 Å². The molecule has 1 amide bonds. The Kier molecular flexibility index (Phi) is 3.97. The molecule has 1 aromatic rings. The van der Waals surface area contributed by atoms with Crippen molar-refractivity contribution in [2.45, 2.75) is 51.1 Å². The third-order valence-corrected chi connectivity index (χ3v) is 3.10. The molecule has 0 aliphatic heterocycles. The summed E-state index contributed by atoms with van der Waals surface area (Å²) < 4.78 is 1.79. The Bertz CT molecular complexity index is 315. The Morgan fingerprint density at radius 1 is 1.38 bits per heavy atom. The van der Waals surface area contributed by atoms with Gasteiger partial charge in [-0.15, -0.1) is 0 Å². The molecule has 2 rings (SSSR count). The Morgan fingerprint density at radius 2 is 2.19 bits per heavy atom. The minimum absolute atomic E-state index is 0.155. The lowest BCUT2D eigenvalue weighted by Gasteiger charge is -2.22. The first-order valence-corrected chi connectivity index (χ1v) is 6.11. The van der Waals surface area contributed by atoms with Gasteiger partial charge in [0.25, 0.3) is 0 Å². The summed E-state index contributed by atoms with van der Waals surface area (Å²) in [5, 5.41) is 7.17. The standard InChI is InChI=1S/C12H19N3O/c16-12(7-10-15-9-4-8-13-15)14-11-5-2-1-3-6-11/h4,8-9,11H,1-3,5-7,10H2,(H,14,16). The van der Waals surface area contributed by atoms with Gasteiger partial charge in [0.2, 0.25) is 5.91 Å². The molecular formula is C12H19N3O. The predicted octanol–water partition coefficient (Wildman–Crippen LogP) is 1.72. The lowest BCUT2D eigenvalue weighted by molar-refractivity contribution is -0.122. The Labute approximate surface area is 96.0 Å². The highest BCUT2D eigenvalue weighted by atomic mass is 16.1. The summed E-state index contributed by atoms with van der Waals surface area (Å²) in [6, 6.07) is 2.29. The largest absolute Gasteiger partial charge is 0.353 e. The molecule has 1 aliphatic carbocycles. The number of hydrogen-bond acceptors (Lipinski definition) is 2. The second-order valence-electron chi connectivity index (χ2n) is 4.42. The molecule has 1 N–H and O–H groups in total.